The number of halogens is 1. The highest BCUT2D eigenvalue weighted by molar-refractivity contribution is 6.30. The molecule has 30 heavy (non-hydrogen) atoms. The number of likely N-dealkylation sites (N-methyl/N-ethyl adjacent to an activating group) is 1. The molecule has 0 radical (unpaired) electrons. The largest absolute Gasteiger partial charge is 0.397 e. The van der Waals surface area contributed by atoms with E-state index in [1.54, 1.807) is 12.4 Å². The second kappa shape index (κ2) is 8.65. The van der Waals surface area contributed by atoms with Gasteiger partial charge in [0.05, 0.1) is 28.8 Å². The molecule has 2 fully saturated rings. The number of hydrogen-bond donors (Lipinski definition) is 2. The fourth-order valence-electron chi connectivity index (χ4n) is 4.15. The summed E-state index contributed by atoms with van der Waals surface area (Å²) >= 11 is 5.83. The van der Waals surface area contributed by atoms with E-state index < -0.39 is 0 Å². The summed E-state index contributed by atoms with van der Waals surface area (Å²) in [5.74, 6) is 0.555. The molecule has 2 aliphatic heterocycles. The lowest BCUT2D eigenvalue weighted by Gasteiger charge is -2.24. The van der Waals surface area contributed by atoms with Crippen LogP contribution < -0.4 is 16.0 Å². The van der Waals surface area contributed by atoms with Crippen LogP contribution in [-0.2, 0) is 0 Å². The molecule has 4 rings (SSSR count). The molecular weight excluding hydrogens is 402 g/mol. The summed E-state index contributed by atoms with van der Waals surface area (Å²) in [5.41, 5.74) is 8.59. The molecular formula is C21H28ClN7O. The van der Waals surface area contributed by atoms with E-state index in [1.807, 2.05) is 23.1 Å². The maximum atomic E-state index is 13.1. The molecule has 0 bridgehead atoms. The normalized spacial score (nSPS) is 21.5. The molecule has 2 aliphatic rings. The molecule has 2 atom stereocenters. The summed E-state index contributed by atoms with van der Waals surface area (Å²) in [6.45, 7) is 3.17. The number of aromatic nitrogens is 2. The van der Waals surface area contributed by atoms with E-state index >= 15 is 0 Å². The summed E-state index contributed by atoms with van der Waals surface area (Å²) in [7, 11) is 4.20. The number of nitrogens with zero attached hydrogens (tertiary/aromatic N) is 5. The first-order chi connectivity index (χ1) is 14.4. The molecule has 0 aliphatic carbocycles. The maximum Gasteiger partial charge on any atom is 0.254 e. The SMILES string of the molecule is CN(C)C1CCN(c2cc(C(=O)N3CC[C@@H](Nc4ncc(Cl)cn4)C3)ccc2N)C1. The van der Waals surface area contributed by atoms with Crippen molar-refractivity contribution in [3.63, 3.8) is 0 Å². The van der Waals surface area contributed by atoms with Gasteiger partial charge in [-0.2, -0.15) is 0 Å². The van der Waals surface area contributed by atoms with Crippen molar-refractivity contribution >= 4 is 34.8 Å². The van der Waals surface area contributed by atoms with Gasteiger partial charge in [-0.1, -0.05) is 11.6 Å². The van der Waals surface area contributed by atoms with Crippen molar-refractivity contribution in [3.05, 3.63) is 41.2 Å². The molecule has 1 unspecified atom stereocenters. The van der Waals surface area contributed by atoms with Crippen LogP contribution in [0.4, 0.5) is 17.3 Å². The van der Waals surface area contributed by atoms with Crippen LogP contribution in [0.2, 0.25) is 5.02 Å². The van der Waals surface area contributed by atoms with Crippen molar-refractivity contribution in [1.82, 2.24) is 19.8 Å². The Morgan fingerprint density at radius 3 is 2.67 bits per heavy atom. The molecule has 3 heterocycles. The Kier molecular flexibility index (Phi) is 5.97. The fourth-order valence-corrected chi connectivity index (χ4v) is 4.24. The summed E-state index contributed by atoms with van der Waals surface area (Å²) < 4.78 is 0. The first-order valence-electron chi connectivity index (χ1n) is 10.2. The molecule has 8 nitrogen and oxygen atoms in total. The Bertz CT molecular complexity index is 905. The van der Waals surface area contributed by atoms with Crippen molar-refractivity contribution in [2.24, 2.45) is 0 Å². The molecule has 1 amide bonds. The third kappa shape index (κ3) is 4.44. The minimum absolute atomic E-state index is 0.0286. The molecule has 0 spiro atoms. The van der Waals surface area contributed by atoms with E-state index in [2.05, 4.69) is 39.2 Å². The molecule has 160 valence electrons. The highest BCUT2D eigenvalue weighted by atomic mass is 35.5. The lowest BCUT2D eigenvalue weighted by atomic mass is 10.1. The molecule has 3 N–H and O–H groups in total. The zero-order valence-electron chi connectivity index (χ0n) is 17.4. The van der Waals surface area contributed by atoms with Gasteiger partial charge in [0.15, 0.2) is 0 Å². The first kappa shape index (κ1) is 20.7. The Hall–Kier alpha value is -2.58. The predicted molar refractivity (Wildman–Crippen MR) is 120 cm³/mol. The molecule has 1 aromatic heterocycles. The van der Waals surface area contributed by atoms with Crippen molar-refractivity contribution in [2.45, 2.75) is 24.9 Å². The van der Waals surface area contributed by atoms with Gasteiger partial charge in [-0.25, -0.2) is 9.97 Å². The molecule has 2 aromatic rings. The number of rotatable bonds is 5. The minimum atomic E-state index is 0.0286. The van der Waals surface area contributed by atoms with Crippen LogP contribution >= 0.6 is 11.6 Å². The summed E-state index contributed by atoms with van der Waals surface area (Å²) in [6, 6.07) is 6.23. The minimum Gasteiger partial charge on any atom is -0.397 e. The number of hydrogen-bond acceptors (Lipinski definition) is 7. The van der Waals surface area contributed by atoms with Gasteiger partial charge < -0.3 is 25.8 Å². The lowest BCUT2D eigenvalue weighted by Crippen LogP contribution is -2.33. The standard InChI is InChI=1S/C21H28ClN7O/c1-27(2)17-6-8-28(13-17)19-9-14(3-4-18(19)23)20(30)29-7-5-16(12-29)26-21-24-10-15(22)11-25-21/h3-4,9-11,16-17H,5-8,12-13,23H2,1-2H3,(H,24,25,26)/t16-,17?/m1/s1. The third-order valence-corrected chi connectivity index (χ3v) is 6.14. The maximum absolute atomic E-state index is 13.1. The van der Waals surface area contributed by atoms with Gasteiger partial charge in [-0.15, -0.1) is 0 Å². The highest BCUT2D eigenvalue weighted by Gasteiger charge is 2.29. The van der Waals surface area contributed by atoms with E-state index in [4.69, 9.17) is 17.3 Å². The smallest absolute Gasteiger partial charge is 0.254 e. The number of anilines is 3. The summed E-state index contributed by atoms with van der Waals surface area (Å²) in [6.07, 6.45) is 5.06. The van der Waals surface area contributed by atoms with Gasteiger partial charge in [0.25, 0.3) is 5.91 Å². The number of nitrogen functional groups attached to an aromatic ring is 1. The summed E-state index contributed by atoms with van der Waals surface area (Å²) in [5, 5.41) is 3.78. The van der Waals surface area contributed by atoms with Crippen molar-refractivity contribution in [2.75, 3.05) is 56.2 Å². The number of amides is 1. The average Bonchev–Trinajstić information content (AvgIpc) is 3.40. The summed E-state index contributed by atoms with van der Waals surface area (Å²) in [4.78, 5) is 27.9. The average molecular weight is 430 g/mol. The number of nitrogens with two attached hydrogens (primary N) is 1. The number of benzene rings is 1. The van der Waals surface area contributed by atoms with Crippen LogP contribution in [-0.4, -0.2) is 78.0 Å². The van der Waals surface area contributed by atoms with E-state index in [0.717, 1.165) is 31.6 Å². The van der Waals surface area contributed by atoms with Gasteiger partial charge in [0.1, 0.15) is 0 Å². The fraction of sp³-hybridized carbons (Fsp3) is 0.476. The van der Waals surface area contributed by atoms with E-state index in [1.165, 1.54) is 0 Å². The van der Waals surface area contributed by atoms with Crippen LogP contribution in [0.3, 0.4) is 0 Å². The Morgan fingerprint density at radius 1 is 1.20 bits per heavy atom. The third-order valence-electron chi connectivity index (χ3n) is 5.94. The monoisotopic (exact) mass is 429 g/mol. The zero-order valence-corrected chi connectivity index (χ0v) is 18.1. The predicted octanol–water partition coefficient (Wildman–Crippen LogP) is 2.18. The number of likely N-dealkylation sites (tertiary alicyclic amines) is 1. The lowest BCUT2D eigenvalue weighted by molar-refractivity contribution is 0.0791. The van der Waals surface area contributed by atoms with Crippen LogP contribution in [0.1, 0.15) is 23.2 Å². The molecule has 0 saturated carbocycles. The van der Waals surface area contributed by atoms with Crippen LogP contribution in [0.25, 0.3) is 0 Å². The number of carbonyl (C=O) groups excluding carboxylic acids is 1. The van der Waals surface area contributed by atoms with Gasteiger partial charge >= 0.3 is 0 Å². The Labute approximate surface area is 182 Å². The van der Waals surface area contributed by atoms with Gasteiger partial charge in [0.2, 0.25) is 5.95 Å². The van der Waals surface area contributed by atoms with Gasteiger partial charge in [-0.05, 0) is 45.1 Å². The molecule has 2 saturated heterocycles. The van der Waals surface area contributed by atoms with E-state index in [0.29, 0.717) is 41.4 Å². The zero-order chi connectivity index (χ0) is 21.3. The molecule has 1 aromatic carbocycles. The van der Waals surface area contributed by atoms with Crippen LogP contribution in [0.15, 0.2) is 30.6 Å². The number of carbonyl (C=O) groups is 1. The first-order valence-corrected chi connectivity index (χ1v) is 10.6. The van der Waals surface area contributed by atoms with Crippen molar-refractivity contribution < 1.29 is 4.79 Å². The quantitative estimate of drug-likeness (QED) is 0.704. The Morgan fingerprint density at radius 2 is 1.97 bits per heavy atom. The number of nitrogens with one attached hydrogen (secondary N) is 1. The van der Waals surface area contributed by atoms with E-state index in [9.17, 15) is 4.79 Å². The highest BCUT2D eigenvalue weighted by Crippen LogP contribution is 2.30. The Balaban J connectivity index is 1.42. The van der Waals surface area contributed by atoms with E-state index in [-0.39, 0.29) is 11.9 Å². The second-order valence-electron chi connectivity index (χ2n) is 8.23. The van der Waals surface area contributed by atoms with Gasteiger partial charge in [0, 0.05) is 43.8 Å². The van der Waals surface area contributed by atoms with Crippen LogP contribution in [0, 0.1) is 0 Å². The van der Waals surface area contributed by atoms with Gasteiger partial charge in [-0.3, -0.25) is 4.79 Å². The second-order valence-corrected chi connectivity index (χ2v) is 8.67. The molecule has 9 heteroatoms. The van der Waals surface area contributed by atoms with Crippen molar-refractivity contribution in [3.8, 4) is 0 Å². The van der Waals surface area contributed by atoms with Crippen molar-refractivity contribution in [1.29, 1.82) is 0 Å². The van der Waals surface area contributed by atoms with Crippen LogP contribution in [0.5, 0.6) is 0 Å². The topological polar surface area (TPSA) is 90.6 Å².